The third kappa shape index (κ3) is 2.23. The second-order valence-corrected chi connectivity index (χ2v) is 4.98. The molecule has 0 saturated carbocycles. The molecular weight excluding hydrogens is 274 g/mol. The monoisotopic (exact) mass is 289 g/mol. The molecule has 0 aromatic carbocycles. The molecule has 0 amide bonds. The van der Waals surface area contributed by atoms with Gasteiger partial charge in [0.25, 0.3) is 0 Å². The van der Waals surface area contributed by atoms with Crippen LogP contribution in [0, 0.1) is 5.92 Å². The van der Waals surface area contributed by atoms with Crippen LogP contribution in [0.15, 0.2) is 17.1 Å². The third-order valence-electron chi connectivity index (χ3n) is 3.46. The predicted octanol–water partition coefficient (Wildman–Crippen LogP) is -0.679. The second-order valence-electron chi connectivity index (χ2n) is 4.71. The van der Waals surface area contributed by atoms with Gasteiger partial charge in [-0.2, -0.15) is 4.98 Å². The summed E-state index contributed by atoms with van der Waals surface area (Å²) in [4.78, 5) is 15.4. The molecule has 1 fully saturated rings. The number of ether oxygens (including phenoxy) is 1. The Labute approximate surface area is 114 Å². The zero-order valence-corrected chi connectivity index (χ0v) is 11.1. The molecule has 2 heterocycles. The summed E-state index contributed by atoms with van der Waals surface area (Å²) in [7, 11) is 0. The minimum absolute atomic E-state index is 0.0807. The van der Waals surface area contributed by atoms with Crippen LogP contribution in [-0.2, 0) is 4.74 Å². The van der Waals surface area contributed by atoms with Crippen molar-refractivity contribution in [1.29, 1.82) is 0 Å². The van der Waals surface area contributed by atoms with Crippen molar-refractivity contribution in [3.8, 4) is 0 Å². The maximum atomic E-state index is 11.8. The fourth-order valence-corrected chi connectivity index (χ4v) is 2.57. The lowest BCUT2D eigenvalue weighted by Crippen LogP contribution is -2.46. The van der Waals surface area contributed by atoms with Crippen LogP contribution in [0.2, 0.25) is 0 Å². The molecule has 0 aliphatic carbocycles. The molecule has 0 bridgehead atoms. The van der Waals surface area contributed by atoms with Gasteiger partial charge in [-0.15, -0.1) is 11.6 Å². The van der Waals surface area contributed by atoms with Gasteiger partial charge < -0.3 is 20.7 Å². The van der Waals surface area contributed by atoms with Crippen molar-refractivity contribution in [3.63, 3.8) is 0 Å². The van der Waals surface area contributed by atoms with Crippen LogP contribution in [-0.4, -0.2) is 44.0 Å². The molecule has 4 atom stereocenters. The zero-order valence-electron chi connectivity index (χ0n) is 10.4. The van der Waals surface area contributed by atoms with Gasteiger partial charge in [-0.1, -0.05) is 6.92 Å². The summed E-state index contributed by atoms with van der Waals surface area (Å²) in [5.74, 6) is -0.393. The summed E-state index contributed by atoms with van der Waals surface area (Å²) < 4.78 is 6.86. The van der Waals surface area contributed by atoms with E-state index >= 15 is 0 Å². The molecule has 19 heavy (non-hydrogen) atoms. The Balaban J connectivity index is 2.39. The van der Waals surface area contributed by atoms with E-state index in [0.717, 1.165) is 0 Å². The molecule has 1 aromatic heterocycles. The van der Waals surface area contributed by atoms with Crippen molar-refractivity contribution < 1.29 is 14.9 Å². The number of nitrogen functional groups attached to an aromatic ring is 1. The second kappa shape index (κ2) is 5.09. The molecule has 8 heteroatoms. The minimum Gasteiger partial charge on any atom is -0.393 e. The third-order valence-corrected chi connectivity index (χ3v) is 3.91. The fourth-order valence-electron chi connectivity index (χ4n) is 2.27. The van der Waals surface area contributed by atoms with Crippen LogP contribution in [0.4, 0.5) is 5.82 Å². The first kappa shape index (κ1) is 14.3. The summed E-state index contributed by atoms with van der Waals surface area (Å²) in [6, 6.07) is 1.46. The van der Waals surface area contributed by atoms with Gasteiger partial charge in [-0.3, -0.25) is 4.57 Å². The van der Waals surface area contributed by atoms with E-state index in [-0.39, 0.29) is 11.7 Å². The summed E-state index contributed by atoms with van der Waals surface area (Å²) >= 11 is 5.77. The van der Waals surface area contributed by atoms with Gasteiger partial charge in [-0.25, -0.2) is 4.79 Å². The van der Waals surface area contributed by atoms with E-state index in [2.05, 4.69) is 4.98 Å². The van der Waals surface area contributed by atoms with E-state index in [1.165, 1.54) is 16.8 Å². The summed E-state index contributed by atoms with van der Waals surface area (Å²) in [6.45, 7) is 1.28. The lowest BCUT2D eigenvalue weighted by Gasteiger charge is -2.27. The molecule has 1 aliphatic heterocycles. The molecule has 0 unspecified atom stereocenters. The number of halogens is 1. The van der Waals surface area contributed by atoms with Gasteiger partial charge in [0.15, 0.2) is 0 Å². The van der Waals surface area contributed by atoms with Crippen LogP contribution in [0.1, 0.15) is 13.2 Å². The van der Waals surface area contributed by atoms with Crippen molar-refractivity contribution in [2.24, 2.45) is 5.92 Å². The standard InChI is InChI=1S/C11H16ClN3O4/c1-6-8(17)11(4-12,5-16)19-9(6)15-3-2-7(13)14-10(15)18/h2-3,6,8-9,16-17H,4-5H2,1H3,(H2,13,14,18)/t6-,8-,9+,11+/m0/s1. The Morgan fingerprint density at radius 1 is 1.68 bits per heavy atom. The number of aromatic nitrogens is 2. The van der Waals surface area contributed by atoms with Crippen molar-refractivity contribution >= 4 is 17.4 Å². The maximum absolute atomic E-state index is 11.8. The highest BCUT2D eigenvalue weighted by molar-refractivity contribution is 6.18. The van der Waals surface area contributed by atoms with Crippen LogP contribution in [0.25, 0.3) is 0 Å². The average molecular weight is 290 g/mol. The van der Waals surface area contributed by atoms with Crippen LogP contribution >= 0.6 is 11.6 Å². The average Bonchev–Trinajstić information content (AvgIpc) is 2.64. The maximum Gasteiger partial charge on any atom is 0.351 e. The molecule has 0 spiro atoms. The normalized spacial score (nSPS) is 34.6. The molecule has 7 nitrogen and oxygen atoms in total. The van der Waals surface area contributed by atoms with Crippen molar-refractivity contribution in [1.82, 2.24) is 9.55 Å². The number of rotatable bonds is 3. The number of anilines is 1. The number of alkyl halides is 1. The van der Waals surface area contributed by atoms with Crippen LogP contribution in [0.5, 0.6) is 0 Å². The van der Waals surface area contributed by atoms with E-state index in [0.29, 0.717) is 0 Å². The Kier molecular flexibility index (Phi) is 3.82. The largest absolute Gasteiger partial charge is 0.393 e. The van der Waals surface area contributed by atoms with E-state index in [1.54, 1.807) is 6.92 Å². The number of hydrogen-bond donors (Lipinski definition) is 3. The van der Waals surface area contributed by atoms with Crippen molar-refractivity contribution in [2.45, 2.75) is 24.9 Å². The van der Waals surface area contributed by atoms with E-state index < -0.39 is 36.1 Å². The topological polar surface area (TPSA) is 111 Å². The predicted molar refractivity (Wildman–Crippen MR) is 68.7 cm³/mol. The summed E-state index contributed by atoms with van der Waals surface area (Å²) in [5, 5.41) is 19.5. The van der Waals surface area contributed by atoms with Gasteiger partial charge in [0.1, 0.15) is 17.6 Å². The smallest absolute Gasteiger partial charge is 0.351 e. The molecule has 1 saturated heterocycles. The molecule has 4 N–H and O–H groups in total. The molecule has 2 rings (SSSR count). The highest BCUT2D eigenvalue weighted by Crippen LogP contribution is 2.41. The molecule has 1 aliphatic rings. The SMILES string of the molecule is C[C@@H]1[C@H](n2ccc(N)nc2=O)O[C@@](CO)(CCl)[C@H]1O. The van der Waals surface area contributed by atoms with E-state index in [1.807, 2.05) is 0 Å². The first-order valence-corrected chi connectivity index (χ1v) is 6.36. The van der Waals surface area contributed by atoms with Gasteiger partial charge >= 0.3 is 5.69 Å². The molecule has 1 aromatic rings. The summed E-state index contributed by atoms with van der Waals surface area (Å²) in [5.41, 5.74) is 3.57. The van der Waals surface area contributed by atoms with Crippen molar-refractivity contribution in [2.75, 3.05) is 18.2 Å². The van der Waals surface area contributed by atoms with Gasteiger partial charge in [0.2, 0.25) is 0 Å². The molecular formula is C11H16ClN3O4. The van der Waals surface area contributed by atoms with E-state index in [4.69, 9.17) is 22.1 Å². The Hall–Kier alpha value is -1.15. The van der Waals surface area contributed by atoms with E-state index in [9.17, 15) is 15.0 Å². The van der Waals surface area contributed by atoms with Gasteiger partial charge in [-0.05, 0) is 6.07 Å². The lowest BCUT2D eigenvalue weighted by molar-refractivity contribution is -0.114. The lowest BCUT2D eigenvalue weighted by atomic mass is 9.93. The Morgan fingerprint density at radius 3 is 2.84 bits per heavy atom. The summed E-state index contributed by atoms with van der Waals surface area (Å²) in [6.07, 6.45) is -0.286. The van der Waals surface area contributed by atoms with Crippen LogP contribution < -0.4 is 11.4 Å². The number of aliphatic hydroxyl groups is 2. The number of aliphatic hydroxyl groups excluding tert-OH is 2. The molecule has 106 valence electrons. The van der Waals surface area contributed by atoms with Gasteiger partial charge in [0, 0.05) is 12.1 Å². The first-order chi connectivity index (χ1) is 8.95. The zero-order chi connectivity index (χ0) is 14.2. The fraction of sp³-hybridized carbons (Fsp3) is 0.636. The Morgan fingerprint density at radius 2 is 2.37 bits per heavy atom. The molecule has 0 radical (unpaired) electrons. The van der Waals surface area contributed by atoms with Crippen LogP contribution in [0.3, 0.4) is 0 Å². The number of nitrogens with two attached hydrogens (primary N) is 1. The minimum atomic E-state index is -1.27. The first-order valence-electron chi connectivity index (χ1n) is 5.82. The highest BCUT2D eigenvalue weighted by atomic mass is 35.5. The quantitative estimate of drug-likeness (QED) is 0.636. The number of hydrogen-bond acceptors (Lipinski definition) is 6. The highest BCUT2D eigenvalue weighted by Gasteiger charge is 2.52. The number of nitrogens with zero attached hydrogens (tertiary/aromatic N) is 2. The Bertz CT molecular complexity index is 517. The van der Waals surface area contributed by atoms with Crippen molar-refractivity contribution in [3.05, 3.63) is 22.7 Å². The van der Waals surface area contributed by atoms with Gasteiger partial charge in [0.05, 0.1) is 18.6 Å².